The number of nitrogens with one attached hydrogen (secondary N) is 2. The molecule has 0 aromatic heterocycles. The molecule has 0 saturated heterocycles. The molecular formula is C23H18ClN3O4. The number of halogens is 1. The number of carbonyl (C=O) groups is 3. The van der Waals surface area contributed by atoms with E-state index in [1.54, 1.807) is 72.8 Å². The summed E-state index contributed by atoms with van der Waals surface area (Å²) in [4.78, 5) is 35.6. The van der Waals surface area contributed by atoms with E-state index < -0.39 is 11.9 Å². The number of anilines is 1. The number of nitrogens with zero attached hydrogens (tertiary/aromatic N) is 1. The van der Waals surface area contributed by atoms with Crippen molar-refractivity contribution in [2.45, 2.75) is 6.92 Å². The van der Waals surface area contributed by atoms with Crippen molar-refractivity contribution >= 4 is 41.3 Å². The summed E-state index contributed by atoms with van der Waals surface area (Å²) in [5.41, 5.74) is 4.15. The molecule has 7 nitrogen and oxygen atoms in total. The summed E-state index contributed by atoms with van der Waals surface area (Å²) in [7, 11) is 0. The van der Waals surface area contributed by atoms with Gasteiger partial charge < -0.3 is 10.1 Å². The first kappa shape index (κ1) is 21.7. The normalized spacial score (nSPS) is 10.5. The standard InChI is InChI=1S/C23H18ClN3O4/c1-15(28)26-20-10-7-16(8-11-20)22(29)27-25-14-18-13-19(24)9-12-21(18)31-23(30)17-5-3-2-4-6-17/h2-14H,1H3,(H,26,28)(H,27,29)/b25-14+. The zero-order chi connectivity index (χ0) is 22.2. The highest BCUT2D eigenvalue weighted by Gasteiger charge is 2.11. The topological polar surface area (TPSA) is 96.9 Å². The number of hydrazone groups is 1. The van der Waals surface area contributed by atoms with Gasteiger partial charge in [0.1, 0.15) is 5.75 Å². The second kappa shape index (κ2) is 10.2. The van der Waals surface area contributed by atoms with Gasteiger partial charge in [-0.05, 0) is 54.6 Å². The van der Waals surface area contributed by atoms with E-state index in [1.165, 1.54) is 13.1 Å². The molecule has 8 heteroatoms. The predicted molar refractivity (Wildman–Crippen MR) is 119 cm³/mol. The van der Waals surface area contributed by atoms with Gasteiger partial charge in [0.05, 0.1) is 11.8 Å². The van der Waals surface area contributed by atoms with Crippen LogP contribution in [0, 0.1) is 0 Å². The lowest BCUT2D eigenvalue weighted by atomic mass is 10.2. The minimum atomic E-state index is -0.527. The number of benzene rings is 3. The summed E-state index contributed by atoms with van der Waals surface area (Å²) in [6.07, 6.45) is 1.34. The Bertz CT molecular complexity index is 1130. The number of hydrogen-bond donors (Lipinski definition) is 2. The smallest absolute Gasteiger partial charge is 0.343 e. The maximum Gasteiger partial charge on any atom is 0.343 e. The van der Waals surface area contributed by atoms with Crippen LogP contribution in [0.5, 0.6) is 5.75 Å². The Morgan fingerprint density at radius 3 is 2.32 bits per heavy atom. The summed E-state index contributed by atoms with van der Waals surface area (Å²) in [6, 6.07) is 19.6. The molecule has 0 saturated carbocycles. The number of hydrogen-bond acceptors (Lipinski definition) is 5. The van der Waals surface area contributed by atoms with Gasteiger partial charge in [0.15, 0.2) is 0 Å². The number of ether oxygens (including phenoxy) is 1. The van der Waals surface area contributed by atoms with Crippen LogP contribution in [0.15, 0.2) is 77.9 Å². The molecule has 0 aliphatic heterocycles. The molecule has 0 bridgehead atoms. The highest BCUT2D eigenvalue weighted by Crippen LogP contribution is 2.22. The second-order valence-electron chi connectivity index (χ2n) is 6.40. The van der Waals surface area contributed by atoms with Crippen LogP contribution >= 0.6 is 11.6 Å². The fraction of sp³-hybridized carbons (Fsp3) is 0.0435. The minimum Gasteiger partial charge on any atom is -0.422 e. The van der Waals surface area contributed by atoms with Crippen molar-refractivity contribution in [2.75, 3.05) is 5.32 Å². The number of esters is 1. The molecule has 2 N–H and O–H groups in total. The van der Waals surface area contributed by atoms with Crippen LogP contribution in [-0.4, -0.2) is 24.0 Å². The molecule has 0 aliphatic carbocycles. The molecule has 2 amide bonds. The molecule has 3 rings (SSSR count). The first-order valence-corrected chi connectivity index (χ1v) is 9.58. The number of carbonyl (C=O) groups excluding carboxylic acids is 3. The van der Waals surface area contributed by atoms with Crippen LogP contribution in [0.2, 0.25) is 5.02 Å². The quantitative estimate of drug-likeness (QED) is 0.261. The number of rotatable bonds is 6. The van der Waals surface area contributed by atoms with Gasteiger partial charge in [-0.2, -0.15) is 5.10 Å². The van der Waals surface area contributed by atoms with Gasteiger partial charge in [0, 0.05) is 28.8 Å². The van der Waals surface area contributed by atoms with Crippen molar-refractivity contribution in [3.8, 4) is 5.75 Å². The van der Waals surface area contributed by atoms with Gasteiger partial charge in [0.25, 0.3) is 5.91 Å². The Labute approximate surface area is 183 Å². The van der Waals surface area contributed by atoms with Crippen LogP contribution in [0.3, 0.4) is 0 Å². The lowest BCUT2D eigenvalue weighted by Crippen LogP contribution is -2.18. The zero-order valence-electron chi connectivity index (χ0n) is 16.5. The SMILES string of the molecule is CC(=O)Nc1ccc(C(=O)N/N=C/c2cc(Cl)ccc2OC(=O)c2ccccc2)cc1. The Kier molecular flexibility index (Phi) is 7.13. The largest absolute Gasteiger partial charge is 0.422 e. The van der Waals surface area contributed by atoms with Crippen molar-refractivity contribution in [3.05, 3.63) is 94.5 Å². The molecule has 156 valence electrons. The maximum atomic E-state index is 12.3. The zero-order valence-corrected chi connectivity index (χ0v) is 17.2. The van der Waals surface area contributed by atoms with E-state index >= 15 is 0 Å². The predicted octanol–water partition coefficient (Wildman–Crippen LogP) is 4.28. The fourth-order valence-corrected chi connectivity index (χ4v) is 2.76. The lowest BCUT2D eigenvalue weighted by Gasteiger charge is -2.08. The minimum absolute atomic E-state index is 0.202. The van der Waals surface area contributed by atoms with Gasteiger partial charge in [0.2, 0.25) is 5.91 Å². The van der Waals surface area contributed by atoms with Gasteiger partial charge in [-0.1, -0.05) is 29.8 Å². The van der Waals surface area contributed by atoms with E-state index in [2.05, 4.69) is 15.8 Å². The van der Waals surface area contributed by atoms with Crippen LogP contribution in [-0.2, 0) is 4.79 Å². The van der Waals surface area contributed by atoms with Crippen molar-refractivity contribution in [1.82, 2.24) is 5.43 Å². The monoisotopic (exact) mass is 435 g/mol. The molecule has 31 heavy (non-hydrogen) atoms. The van der Waals surface area contributed by atoms with Crippen molar-refractivity contribution in [2.24, 2.45) is 5.10 Å². The Balaban J connectivity index is 1.68. The Morgan fingerprint density at radius 1 is 0.935 bits per heavy atom. The van der Waals surface area contributed by atoms with E-state index in [-0.39, 0.29) is 11.7 Å². The summed E-state index contributed by atoms with van der Waals surface area (Å²) in [5.74, 6) is -0.931. The first-order valence-electron chi connectivity index (χ1n) is 9.20. The molecule has 0 fully saturated rings. The summed E-state index contributed by atoms with van der Waals surface area (Å²) in [5, 5.41) is 6.96. The van der Waals surface area contributed by atoms with Gasteiger partial charge in [-0.15, -0.1) is 0 Å². The lowest BCUT2D eigenvalue weighted by molar-refractivity contribution is -0.114. The first-order chi connectivity index (χ1) is 14.9. The molecular weight excluding hydrogens is 418 g/mol. The van der Waals surface area contributed by atoms with Gasteiger partial charge in [-0.3, -0.25) is 9.59 Å². The van der Waals surface area contributed by atoms with Crippen LogP contribution in [0.1, 0.15) is 33.2 Å². The third kappa shape index (κ3) is 6.25. The van der Waals surface area contributed by atoms with E-state index in [0.717, 1.165) is 0 Å². The van der Waals surface area contributed by atoms with E-state index in [4.69, 9.17) is 16.3 Å². The highest BCUT2D eigenvalue weighted by molar-refractivity contribution is 6.31. The van der Waals surface area contributed by atoms with E-state index in [1.807, 2.05) is 0 Å². The van der Waals surface area contributed by atoms with Gasteiger partial charge in [-0.25, -0.2) is 10.2 Å². The van der Waals surface area contributed by atoms with Crippen molar-refractivity contribution in [3.63, 3.8) is 0 Å². The van der Waals surface area contributed by atoms with E-state index in [9.17, 15) is 14.4 Å². The summed E-state index contributed by atoms with van der Waals surface area (Å²) < 4.78 is 5.44. The fourth-order valence-electron chi connectivity index (χ4n) is 2.58. The molecule has 0 radical (unpaired) electrons. The number of amides is 2. The third-order valence-electron chi connectivity index (χ3n) is 4.02. The third-order valence-corrected chi connectivity index (χ3v) is 4.26. The van der Waals surface area contributed by atoms with Crippen molar-refractivity contribution in [1.29, 1.82) is 0 Å². The molecule has 0 unspecified atom stereocenters. The highest BCUT2D eigenvalue weighted by atomic mass is 35.5. The Morgan fingerprint density at radius 2 is 1.65 bits per heavy atom. The Hall–Kier alpha value is -3.97. The summed E-state index contributed by atoms with van der Waals surface area (Å²) >= 11 is 6.04. The average molecular weight is 436 g/mol. The van der Waals surface area contributed by atoms with Crippen molar-refractivity contribution < 1.29 is 19.1 Å². The molecule has 0 atom stereocenters. The summed E-state index contributed by atoms with van der Waals surface area (Å²) in [6.45, 7) is 1.40. The second-order valence-corrected chi connectivity index (χ2v) is 6.83. The molecule has 0 heterocycles. The molecule has 0 aliphatic rings. The van der Waals surface area contributed by atoms with Crippen LogP contribution in [0.4, 0.5) is 5.69 Å². The van der Waals surface area contributed by atoms with Crippen LogP contribution in [0.25, 0.3) is 0 Å². The van der Waals surface area contributed by atoms with Crippen LogP contribution < -0.4 is 15.5 Å². The van der Waals surface area contributed by atoms with Gasteiger partial charge >= 0.3 is 5.97 Å². The molecule has 3 aromatic rings. The maximum absolute atomic E-state index is 12.3. The average Bonchev–Trinajstić information content (AvgIpc) is 2.76. The molecule has 3 aromatic carbocycles. The van der Waals surface area contributed by atoms with E-state index in [0.29, 0.717) is 27.4 Å². The molecule has 0 spiro atoms.